The lowest BCUT2D eigenvalue weighted by molar-refractivity contribution is -0.161. The first-order valence-electron chi connectivity index (χ1n) is 8.67. The van der Waals surface area contributed by atoms with E-state index < -0.39 is 11.4 Å². The zero-order valence-corrected chi connectivity index (χ0v) is 14.2. The summed E-state index contributed by atoms with van der Waals surface area (Å²) in [6.07, 6.45) is 3.70. The fourth-order valence-electron chi connectivity index (χ4n) is 4.42. The van der Waals surface area contributed by atoms with E-state index in [0.717, 1.165) is 24.0 Å². The van der Waals surface area contributed by atoms with E-state index in [0.29, 0.717) is 31.5 Å². The van der Waals surface area contributed by atoms with E-state index in [1.807, 2.05) is 19.2 Å². The van der Waals surface area contributed by atoms with E-state index in [9.17, 15) is 14.7 Å². The monoisotopic (exact) mass is 342 g/mol. The molecule has 132 valence electrons. The first-order valence-corrected chi connectivity index (χ1v) is 8.67. The zero-order chi connectivity index (χ0) is 17.6. The van der Waals surface area contributed by atoms with E-state index in [2.05, 4.69) is 14.9 Å². The van der Waals surface area contributed by atoms with Crippen LogP contribution in [0.25, 0.3) is 11.0 Å². The van der Waals surface area contributed by atoms with Crippen LogP contribution in [0.15, 0.2) is 24.5 Å². The van der Waals surface area contributed by atoms with Gasteiger partial charge in [0.15, 0.2) is 0 Å². The highest BCUT2D eigenvalue weighted by molar-refractivity contribution is 5.97. The molecule has 2 aliphatic heterocycles. The number of carbonyl (C=O) groups excluding carboxylic acids is 1. The number of piperidine rings is 2. The van der Waals surface area contributed by atoms with Crippen LogP contribution < -0.4 is 0 Å². The normalized spacial score (nSPS) is 27.2. The molecule has 2 saturated heterocycles. The van der Waals surface area contributed by atoms with Crippen LogP contribution in [0, 0.1) is 5.41 Å². The van der Waals surface area contributed by atoms with Crippen molar-refractivity contribution in [1.29, 1.82) is 0 Å². The summed E-state index contributed by atoms with van der Waals surface area (Å²) in [5.74, 6) is -0.774. The van der Waals surface area contributed by atoms with Gasteiger partial charge in [0.1, 0.15) is 0 Å². The predicted octanol–water partition coefficient (Wildman–Crippen LogP) is 1.57. The highest BCUT2D eigenvalue weighted by Crippen LogP contribution is 2.42. The summed E-state index contributed by atoms with van der Waals surface area (Å²) in [6.45, 7) is 1.82. The van der Waals surface area contributed by atoms with Gasteiger partial charge in [-0.3, -0.25) is 9.59 Å². The third kappa shape index (κ3) is 2.50. The lowest BCUT2D eigenvalue weighted by Crippen LogP contribution is -2.63. The van der Waals surface area contributed by atoms with Crippen LogP contribution >= 0.6 is 0 Å². The summed E-state index contributed by atoms with van der Waals surface area (Å²) in [6, 6.07) is 5.30. The Morgan fingerprint density at radius 2 is 2.16 bits per heavy atom. The van der Waals surface area contributed by atoms with Gasteiger partial charge in [-0.05, 0) is 51.1 Å². The second kappa shape index (κ2) is 5.84. The Morgan fingerprint density at radius 3 is 2.96 bits per heavy atom. The van der Waals surface area contributed by atoms with Gasteiger partial charge >= 0.3 is 5.97 Å². The number of hydrogen-bond acceptors (Lipinski definition) is 4. The third-order valence-corrected chi connectivity index (χ3v) is 5.91. The standard InChI is InChI=1S/C18H22N4O3/c1-21-7-2-5-18(17(24)25)6-8-22(10-15(18)21)16(23)12-3-4-13-14(9-12)20-11-19-13/h3-4,9,11,15H,2,5-8,10H2,1H3,(H,19,20)(H,24,25)/t15-,18-/m0/s1. The van der Waals surface area contributed by atoms with Crippen molar-refractivity contribution in [3.63, 3.8) is 0 Å². The highest BCUT2D eigenvalue weighted by Gasteiger charge is 2.52. The molecule has 0 unspecified atom stereocenters. The summed E-state index contributed by atoms with van der Waals surface area (Å²) in [4.78, 5) is 36.0. The van der Waals surface area contributed by atoms with Gasteiger partial charge in [0, 0.05) is 24.7 Å². The van der Waals surface area contributed by atoms with Crippen LogP contribution in [0.2, 0.25) is 0 Å². The van der Waals surface area contributed by atoms with Crippen molar-refractivity contribution < 1.29 is 14.7 Å². The molecule has 2 N–H and O–H groups in total. The molecule has 1 aromatic heterocycles. The van der Waals surface area contributed by atoms with Crippen molar-refractivity contribution in [3.05, 3.63) is 30.1 Å². The van der Waals surface area contributed by atoms with Crippen LogP contribution in [0.4, 0.5) is 0 Å². The Morgan fingerprint density at radius 1 is 1.32 bits per heavy atom. The number of nitrogens with zero attached hydrogens (tertiary/aromatic N) is 3. The number of amides is 1. The summed E-state index contributed by atoms with van der Waals surface area (Å²) in [7, 11) is 1.96. The van der Waals surface area contributed by atoms with Crippen molar-refractivity contribution in [2.75, 3.05) is 26.7 Å². The van der Waals surface area contributed by atoms with Gasteiger partial charge in [0.25, 0.3) is 5.91 Å². The molecular formula is C18H22N4O3. The van der Waals surface area contributed by atoms with Gasteiger partial charge < -0.3 is 19.9 Å². The maximum Gasteiger partial charge on any atom is 0.311 e. The lowest BCUT2D eigenvalue weighted by atomic mass is 9.68. The number of hydrogen-bond donors (Lipinski definition) is 2. The molecule has 2 fully saturated rings. The molecule has 0 bridgehead atoms. The van der Waals surface area contributed by atoms with E-state index in [-0.39, 0.29) is 11.9 Å². The molecule has 2 atom stereocenters. The first-order chi connectivity index (χ1) is 12.0. The molecule has 0 saturated carbocycles. The Bertz CT molecular complexity index is 833. The van der Waals surface area contributed by atoms with Crippen LogP contribution in [-0.2, 0) is 4.79 Å². The van der Waals surface area contributed by atoms with Gasteiger partial charge in [-0.1, -0.05) is 0 Å². The SMILES string of the molecule is CN1CCC[C@]2(C(=O)O)CCN(C(=O)c3ccc4nc[nH]c4c3)C[C@H]12. The Kier molecular flexibility index (Phi) is 3.76. The minimum absolute atomic E-state index is 0.0468. The first kappa shape index (κ1) is 16.1. The number of aromatic nitrogens is 2. The Labute approximate surface area is 145 Å². The van der Waals surface area contributed by atoms with Crippen LogP contribution in [-0.4, -0.2) is 69.5 Å². The van der Waals surface area contributed by atoms with Crippen molar-refractivity contribution >= 4 is 22.9 Å². The zero-order valence-electron chi connectivity index (χ0n) is 14.2. The van der Waals surface area contributed by atoms with Gasteiger partial charge in [-0.2, -0.15) is 0 Å². The van der Waals surface area contributed by atoms with Crippen molar-refractivity contribution in [3.8, 4) is 0 Å². The number of benzene rings is 1. The lowest BCUT2D eigenvalue weighted by Gasteiger charge is -2.51. The maximum absolute atomic E-state index is 12.9. The second-order valence-corrected chi connectivity index (χ2v) is 7.20. The number of nitrogens with one attached hydrogen (secondary N) is 1. The van der Waals surface area contributed by atoms with Crippen molar-refractivity contribution in [2.24, 2.45) is 5.41 Å². The van der Waals surface area contributed by atoms with Crippen LogP contribution in [0.5, 0.6) is 0 Å². The van der Waals surface area contributed by atoms with E-state index in [4.69, 9.17) is 0 Å². The summed E-state index contributed by atoms with van der Waals surface area (Å²) in [5, 5.41) is 9.84. The number of H-pyrrole nitrogens is 1. The number of carboxylic acids is 1. The number of rotatable bonds is 2. The van der Waals surface area contributed by atoms with Crippen LogP contribution in [0.1, 0.15) is 29.6 Å². The third-order valence-electron chi connectivity index (χ3n) is 5.91. The smallest absolute Gasteiger partial charge is 0.311 e. The molecule has 0 aliphatic carbocycles. The molecule has 7 nitrogen and oxygen atoms in total. The predicted molar refractivity (Wildman–Crippen MR) is 92.3 cm³/mol. The molecule has 0 spiro atoms. The van der Waals surface area contributed by atoms with Gasteiger partial charge in [-0.25, -0.2) is 4.98 Å². The number of likely N-dealkylation sites (N-methyl/N-ethyl adjacent to an activating group) is 1. The minimum Gasteiger partial charge on any atom is -0.481 e. The molecule has 2 aliphatic rings. The summed E-state index contributed by atoms with van der Waals surface area (Å²) in [5.41, 5.74) is 1.54. The molecule has 4 rings (SSSR count). The number of carboxylic acid groups (broad SMARTS) is 1. The average molecular weight is 342 g/mol. The maximum atomic E-state index is 12.9. The number of likely N-dealkylation sites (tertiary alicyclic amines) is 2. The quantitative estimate of drug-likeness (QED) is 0.865. The minimum atomic E-state index is -0.727. The molecule has 2 aromatic rings. The fraction of sp³-hybridized carbons (Fsp3) is 0.500. The number of carbonyl (C=O) groups is 2. The molecular weight excluding hydrogens is 320 g/mol. The fourth-order valence-corrected chi connectivity index (χ4v) is 4.42. The average Bonchev–Trinajstić information content (AvgIpc) is 3.08. The van der Waals surface area contributed by atoms with Gasteiger partial charge in [0.05, 0.1) is 22.8 Å². The summed E-state index contributed by atoms with van der Waals surface area (Å²) < 4.78 is 0. The molecule has 25 heavy (non-hydrogen) atoms. The van der Waals surface area contributed by atoms with E-state index in [1.165, 1.54) is 0 Å². The Balaban J connectivity index is 1.59. The molecule has 7 heteroatoms. The van der Waals surface area contributed by atoms with E-state index >= 15 is 0 Å². The van der Waals surface area contributed by atoms with E-state index in [1.54, 1.807) is 17.3 Å². The number of imidazole rings is 1. The summed E-state index contributed by atoms with van der Waals surface area (Å²) >= 11 is 0. The number of aromatic amines is 1. The number of aliphatic carboxylic acids is 1. The van der Waals surface area contributed by atoms with Crippen molar-refractivity contribution in [1.82, 2.24) is 19.8 Å². The highest BCUT2D eigenvalue weighted by atomic mass is 16.4. The molecule has 0 radical (unpaired) electrons. The molecule has 3 heterocycles. The topological polar surface area (TPSA) is 89.5 Å². The van der Waals surface area contributed by atoms with Gasteiger partial charge in [-0.15, -0.1) is 0 Å². The molecule has 1 amide bonds. The van der Waals surface area contributed by atoms with Gasteiger partial charge in [0.2, 0.25) is 0 Å². The number of fused-ring (bicyclic) bond motifs is 2. The van der Waals surface area contributed by atoms with Crippen LogP contribution in [0.3, 0.4) is 0 Å². The molecule has 1 aromatic carbocycles. The van der Waals surface area contributed by atoms with Crippen molar-refractivity contribution in [2.45, 2.75) is 25.3 Å². The Hall–Kier alpha value is -2.41. The second-order valence-electron chi connectivity index (χ2n) is 7.20. The largest absolute Gasteiger partial charge is 0.481 e.